The lowest BCUT2D eigenvalue weighted by Gasteiger charge is -2.27. The number of aryl methyl sites for hydroxylation is 1. The lowest BCUT2D eigenvalue weighted by Crippen LogP contribution is -2.32. The SMILES string of the molecule is Cc1cc(C(=O)Nc2ccccc2C(F)(F)F)nc(N2CCCCC2)n1. The molecule has 1 aromatic heterocycles. The van der Waals surface area contributed by atoms with Gasteiger partial charge in [0.1, 0.15) is 5.69 Å². The van der Waals surface area contributed by atoms with E-state index in [1.54, 1.807) is 6.92 Å². The minimum absolute atomic E-state index is 0.0510. The van der Waals surface area contributed by atoms with Gasteiger partial charge >= 0.3 is 6.18 Å². The Kier molecular flexibility index (Phi) is 5.11. The molecule has 1 amide bonds. The second-order valence-corrected chi connectivity index (χ2v) is 6.24. The third-order valence-electron chi connectivity index (χ3n) is 4.19. The van der Waals surface area contributed by atoms with Crippen molar-refractivity contribution >= 4 is 17.5 Å². The summed E-state index contributed by atoms with van der Waals surface area (Å²) in [5.74, 6) is -0.246. The first-order chi connectivity index (χ1) is 12.3. The molecule has 1 aliphatic rings. The van der Waals surface area contributed by atoms with Crippen LogP contribution in [0.2, 0.25) is 0 Å². The van der Waals surface area contributed by atoms with E-state index in [1.165, 1.54) is 24.3 Å². The number of hydrogen-bond donors (Lipinski definition) is 1. The number of carbonyl (C=O) groups excluding carboxylic acids is 1. The van der Waals surface area contributed by atoms with Gasteiger partial charge in [-0.1, -0.05) is 12.1 Å². The maximum absolute atomic E-state index is 13.1. The zero-order chi connectivity index (χ0) is 18.7. The van der Waals surface area contributed by atoms with Crippen molar-refractivity contribution in [1.29, 1.82) is 0 Å². The predicted molar refractivity (Wildman–Crippen MR) is 92.2 cm³/mol. The van der Waals surface area contributed by atoms with Crippen LogP contribution < -0.4 is 10.2 Å². The highest BCUT2D eigenvalue weighted by Gasteiger charge is 2.33. The molecule has 0 unspecified atom stereocenters. The molecule has 5 nitrogen and oxygen atoms in total. The van der Waals surface area contributed by atoms with Crippen LogP contribution in [-0.4, -0.2) is 29.0 Å². The molecule has 1 aromatic carbocycles. The van der Waals surface area contributed by atoms with Crippen LogP contribution in [-0.2, 0) is 6.18 Å². The van der Waals surface area contributed by atoms with Crippen molar-refractivity contribution in [2.45, 2.75) is 32.4 Å². The number of para-hydroxylation sites is 1. The number of anilines is 2. The number of piperidine rings is 1. The van der Waals surface area contributed by atoms with Crippen LogP contribution in [0.5, 0.6) is 0 Å². The molecule has 0 aliphatic carbocycles. The summed E-state index contributed by atoms with van der Waals surface area (Å²) in [6.45, 7) is 3.35. The summed E-state index contributed by atoms with van der Waals surface area (Å²) in [5, 5.41) is 2.32. The largest absolute Gasteiger partial charge is 0.418 e. The summed E-state index contributed by atoms with van der Waals surface area (Å²) in [7, 11) is 0. The number of alkyl halides is 3. The van der Waals surface area contributed by atoms with Crippen LogP contribution >= 0.6 is 0 Å². The number of nitrogens with zero attached hydrogens (tertiary/aromatic N) is 3. The third-order valence-corrected chi connectivity index (χ3v) is 4.19. The summed E-state index contributed by atoms with van der Waals surface area (Å²) in [6, 6.07) is 6.34. The Balaban J connectivity index is 1.86. The second-order valence-electron chi connectivity index (χ2n) is 6.24. The molecule has 8 heteroatoms. The van der Waals surface area contributed by atoms with Crippen molar-refractivity contribution in [3.63, 3.8) is 0 Å². The summed E-state index contributed by atoms with van der Waals surface area (Å²) in [5.41, 5.74) is -0.541. The van der Waals surface area contributed by atoms with Crippen molar-refractivity contribution in [2.24, 2.45) is 0 Å². The normalized spacial score (nSPS) is 15.0. The Bertz CT molecular complexity index is 801. The number of aromatic nitrogens is 2. The van der Waals surface area contributed by atoms with E-state index < -0.39 is 17.6 Å². The number of amides is 1. The van der Waals surface area contributed by atoms with Gasteiger partial charge < -0.3 is 10.2 Å². The molecule has 138 valence electrons. The van der Waals surface area contributed by atoms with Crippen LogP contribution in [0.3, 0.4) is 0 Å². The molecule has 0 saturated carbocycles. The summed E-state index contributed by atoms with van der Waals surface area (Å²) >= 11 is 0. The van der Waals surface area contributed by atoms with E-state index in [0.717, 1.165) is 38.4 Å². The van der Waals surface area contributed by atoms with Crippen molar-refractivity contribution < 1.29 is 18.0 Å². The first-order valence-electron chi connectivity index (χ1n) is 8.43. The molecule has 26 heavy (non-hydrogen) atoms. The molecule has 2 heterocycles. The zero-order valence-corrected chi connectivity index (χ0v) is 14.3. The maximum Gasteiger partial charge on any atom is 0.418 e. The van der Waals surface area contributed by atoms with Gasteiger partial charge in [-0.05, 0) is 44.4 Å². The highest BCUT2D eigenvalue weighted by Crippen LogP contribution is 2.34. The molecule has 1 aliphatic heterocycles. The van der Waals surface area contributed by atoms with Gasteiger partial charge in [-0.3, -0.25) is 4.79 Å². The smallest absolute Gasteiger partial charge is 0.341 e. The highest BCUT2D eigenvalue weighted by molar-refractivity contribution is 6.03. The summed E-state index contributed by atoms with van der Waals surface area (Å²) < 4.78 is 39.3. The Morgan fingerprint density at radius 3 is 2.50 bits per heavy atom. The van der Waals surface area contributed by atoms with E-state index >= 15 is 0 Å². The standard InChI is InChI=1S/C18H19F3N4O/c1-12-11-15(24-17(22-12)25-9-5-2-6-10-25)16(26)23-14-8-4-3-7-13(14)18(19,20)21/h3-4,7-8,11H,2,5-6,9-10H2,1H3,(H,23,26). The van der Waals surface area contributed by atoms with Crippen LogP contribution in [0, 0.1) is 6.92 Å². The Morgan fingerprint density at radius 2 is 1.81 bits per heavy atom. The fourth-order valence-electron chi connectivity index (χ4n) is 2.93. The molecule has 3 rings (SSSR count). The fourth-order valence-corrected chi connectivity index (χ4v) is 2.93. The molecule has 1 N–H and O–H groups in total. The number of benzene rings is 1. The van der Waals surface area contributed by atoms with Gasteiger partial charge in [-0.2, -0.15) is 13.2 Å². The molecule has 2 aromatic rings. The number of hydrogen-bond acceptors (Lipinski definition) is 4. The van der Waals surface area contributed by atoms with Crippen molar-refractivity contribution in [2.75, 3.05) is 23.3 Å². The van der Waals surface area contributed by atoms with Crippen molar-refractivity contribution in [3.05, 3.63) is 47.3 Å². The average Bonchev–Trinajstić information content (AvgIpc) is 2.61. The Hall–Kier alpha value is -2.64. The van der Waals surface area contributed by atoms with Gasteiger partial charge in [0.25, 0.3) is 5.91 Å². The Morgan fingerprint density at radius 1 is 1.12 bits per heavy atom. The fraction of sp³-hybridized carbons (Fsp3) is 0.389. The zero-order valence-electron chi connectivity index (χ0n) is 14.3. The second kappa shape index (κ2) is 7.31. The van der Waals surface area contributed by atoms with Gasteiger partial charge in [-0.25, -0.2) is 9.97 Å². The number of carbonyl (C=O) groups is 1. The quantitative estimate of drug-likeness (QED) is 0.893. The van der Waals surface area contributed by atoms with Gasteiger partial charge in [0.05, 0.1) is 11.3 Å². The third kappa shape index (κ3) is 4.12. The molecule has 0 spiro atoms. The predicted octanol–water partition coefficient (Wildman–Crippen LogP) is 4.05. The minimum Gasteiger partial charge on any atom is -0.341 e. The Labute approximate surface area is 149 Å². The summed E-state index contributed by atoms with van der Waals surface area (Å²) in [6.07, 6.45) is -1.36. The van der Waals surface area contributed by atoms with E-state index in [2.05, 4.69) is 15.3 Å². The monoisotopic (exact) mass is 364 g/mol. The minimum atomic E-state index is -4.55. The lowest BCUT2D eigenvalue weighted by molar-refractivity contribution is -0.136. The lowest BCUT2D eigenvalue weighted by atomic mass is 10.1. The summed E-state index contributed by atoms with van der Waals surface area (Å²) in [4.78, 5) is 23.1. The van der Waals surface area contributed by atoms with E-state index in [9.17, 15) is 18.0 Å². The molecule has 1 fully saturated rings. The number of rotatable bonds is 3. The molecule has 0 atom stereocenters. The number of nitrogens with one attached hydrogen (secondary N) is 1. The topological polar surface area (TPSA) is 58.1 Å². The highest BCUT2D eigenvalue weighted by atomic mass is 19.4. The first-order valence-corrected chi connectivity index (χ1v) is 8.43. The van der Waals surface area contributed by atoms with Gasteiger partial charge in [-0.15, -0.1) is 0 Å². The van der Waals surface area contributed by atoms with Crippen LogP contribution in [0.4, 0.5) is 24.8 Å². The molecular formula is C18H19F3N4O. The first kappa shape index (κ1) is 18.2. The van der Waals surface area contributed by atoms with Gasteiger partial charge in [0.15, 0.2) is 0 Å². The molecule has 0 radical (unpaired) electrons. The van der Waals surface area contributed by atoms with Gasteiger partial charge in [0.2, 0.25) is 5.95 Å². The van der Waals surface area contributed by atoms with Crippen molar-refractivity contribution in [1.82, 2.24) is 9.97 Å². The average molecular weight is 364 g/mol. The molecular weight excluding hydrogens is 345 g/mol. The van der Waals surface area contributed by atoms with Crippen LogP contribution in [0.25, 0.3) is 0 Å². The van der Waals surface area contributed by atoms with Crippen LogP contribution in [0.15, 0.2) is 30.3 Å². The van der Waals surface area contributed by atoms with E-state index in [0.29, 0.717) is 11.6 Å². The molecule has 1 saturated heterocycles. The van der Waals surface area contributed by atoms with E-state index in [-0.39, 0.29) is 11.4 Å². The van der Waals surface area contributed by atoms with Crippen molar-refractivity contribution in [3.8, 4) is 0 Å². The van der Waals surface area contributed by atoms with E-state index in [4.69, 9.17) is 0 Å². The maximum atomic E-state index is 13.1. The van der Waals surface area contributed by atoms with E-state index in [1.807, 2.05) is 4.90 Å². The molecule has 0 bridgehead atoms. The number of halogens is 3. The van der Waals surface area contributed by atoms with Crippen LogP contribution in [0.1, 0.15) is 41.0 Å². The van der Waals surface area contributed by atoms with Gasteiger partial charge in [0, 0.05) is 18.8 Å².